The summed E-state index contributed by atoms with van der Waals surface area (Å²) in [6.07, 6.45) is 0. The lowest BCUT2D eigenvalue weighted by molar-refractivity contribution is 0.0224. The molecule has 1 spiro atoms. The van der Waals surface area contributed by atoms with Crippen LogP contribution in [-0.4, -0.2) is 16.2 Å². The van der Waals surface area contributed by atoms with Crippen molar-refractivity contribution in [3.05, 3.63) is 89.1 Å². The highest BCUT2D eigenvalue weighted by molar-refractivity contribution is 5.98. The monoisotopic (exact) mass is 387 g/mol. The Hall–Kier alpha value is -3.93. The van der Waals surface area contributed by atoms with Crippen LogP contribution < -0.4 is 10.1 Å². The Kier molecular flexibility index (Phi) is 3.43. The molecular formula is C23H17NO5. The fraction of sp³-hybridized carbons (Fsp3) is 0.0870. The third kappa shape index (κ3) is 2.39. The van der Waals surface area contributed by atoms with E-state index >= 15 is 0 Å². The maximum Gasteiger partial charge on any atom is 0.340 e. The van der Waals surface area contributed by atoms with Crippen LogP contribution >= 0.6 is 0 Å². The first kappa shape index (κ1) is 17.2. The van der Waals surface area contributed by atoms with E-state index in [0.29, 0.717) is 33.8 Å². The number of carbonyl (C=O) groups is 1. The minimum atomic E-state index is -1.24. The third-order valence-electron chi connectivity index (χ3n) is 5.13. The smallest absolute Gasteiger partial charge is 0.340 e. The summed E-state index contributed by atoms with van der Waals surface area (Å²) >= 11 is 0. The van der Waals surface area contributed by atoms with Crippen LogP contribution in [0.15, 0.2) is 66.9 Å². The van der Waals surface area contributed by atoms with Crippen LogP contribution in [0.3, 0.4) is 0 Å². The molecule has 3 N–H and O–H groups in total. The molecule has 0 bridgehead atoms. The SMILES string of the molecule is C=C(C)Nc1ccc2c(c1)C(=O)OC21c2ccc(O)cc2Oc2cc(O)ccc21. The third-order valence-corrected chi connectivity index (χ3v) is 5.13. The van der Waals surface area contributed by atoms with Crippen LogP contribution in [-0.2, 0) is 10.3 Å². The standard InChI is InChI=1S/C23H17NO5/c1-12(2)24-13-3-6-17-16(9-13)22(27)29-23(17)18-7-4-14(25)10-20(18)28-21-11-15(26)5-8-19(21)23/h3-11,24-26H,1H2,2H3. The van der Waals surface area contributed by atoms with Crippen LogP contribution in [0, 0.1) is 0 Å². The summed E-state index contributed by atoms with van der Waals surface area (Å²) in [5, 5.41) is 23.0. The number of nitrogens with one attached hydrogen (secondary N) is 1. The van der Waals surface area contributed by atoms with Gasteiger partial charge in [-0.3, -0.25) is 0 Å². The largest absolute Gasteiger partial charge is 0.508 e. The quantitative estimate of drug-likeness (QED) is 0.557. The summed E-state index contributed by atoms with van der Waals surface area (Å²) in [4.78, 5) is 12.9. The number of fused-ring (bicyclic) bond motifs is 6. The zero-order valence-electron chi connectivity index (χ0n) is 15.5. The number of phenolic OH excluding ortho intramolecular Hbond substituents is 2. The molecule has 0 atom stereocenters. The van der Waals surface area contributed by atoms with Gasteiger partial charge in [0.1, 0.15) is 23.0 Å². The second-order valence-electron chi connectivity index (χ2n) is 7.20. The molecule has 0 fully saturated rings. The summed E-state index contributed by atoms with van der Waals surface area (Å²) < 4.78 is 11.9. The molecule has 29 heavy (non-hydrogen) atoms. The first-order valence-electron chi connectivity index (χ1n) is 9.04. The Bertz CT molecular complexity index is 1160. The Labute approximate surface area is 166 Å². The predicted molar refractivity (Wildman–Crippen MR) is 106 cm³/mol. The van der Waals surface area contributed by atoms with Gasteiger partial charge in [0.25, 0.3) is 0 Å². The van der Waals surface area contributed by atoms with E-state index in [1.54, 1.807) is 18.2 Å². The van der Waals surface area contributed by atoms with Crippen molar-refractivity contribution in [3.8, 4) is 23.0 Å². The van der Waals surface area contributed by atoms with Gasteiger partial charge < -0.3 is 25.0 Å². The van der Waals surface area contributed by atoms with Crippen molar-refractivity contribution in [2.75, 3.05) is 5.32 Å². The fourth-order valence-corrected chi connectivity index (χ4v) is 4.03. The van der Waals surface area contributed by atoms with E-state index < -0.39 is 11.6 Å². The van der Waals surface area contributed by atoms with Crippen LogP contribution in [0.5, 0.6) is 23.0 Å². The average Bonchev–Trinajstić information content (AvgIpc) is 2.93. The second kappa shape index (κ2) is 5.78. The molecule has 2 aliphatic rings. The van der Waals surface area contributed by atoms with Crippen LogP contribution in [0.1, 0.15) is 34.0 Å². The van der Waals surface area contributed by atoms with E-state index in [4.69, 9.17) is 9.47 Å². The highest BCUT2D eigenvalue weighted by Crippen LogP contribution is 2.57. The zero-order valence-corrected chi connectivity index (χ0v) is 15.5. The van der Waals surface area contributed by atoms with Gasteiger partial charge in [-0.05, 0) is 43.3 Å². The number of allylic oxidation sites excluding steroid dienone is 1. The van der Waals surface area contributed by atoms with Gasteiger partial charge in [-0.2, -0.15) is 0 Å². The summed E-state index contributed by atoms with van der Waals surface area (Å²) in [6, 6.07) is 14.8. The van der Waals surface area contributed by atoms with Gasteiger partial charge >= 0.3 is 5.97 Å². The number of rotatable bonds is 2. The molecule has 0 saturated carbocycles. The van der Waals surface area contributed by atoms with Gasteiger partial charge in [0.05, 0.1) is 5.56 Å². The molecule has 6 heteroatoms. The van der Waals surface area contributed by atoms with E-state index in [1.807, 2.05) is 19.1 Å². The number of benzene rings is 3. The number of ether oxygens (including phenoxy) is 2. The molecule has 3 aromatic carbocycles. The van der Waals surface area contributed by atoms with E-state index in [0.717, 1.165) is 11.4 Å². The molecule has 0 aromatic heterocycles. The topological polar surface area (TPSA) is 88.0 Å². The Balaban J connectivity index is 1.81. The van der Waals surface area contributed by atoms with Crippen molar-refractivity contribution in [3.63, 3.8) is 0 Å². The van der Waals surface area contributed by atoms with Gasteiger partial charge in [-0.25, -0.2) is 4.79 Å². The molecule has 144 valence electrons. The minimum Gasteiger partial charge on any atom is -0.508 e. The van der Waals surface area contributed by atoms with Crippen molar-refractivity contribution in [1.82, 2.24) is 0 Å². The second-order valence-corrected chi connectivity index (χ2v) is 7.20. The Morgan fingerprint density at radius 1 is 0.931 bits per heavy atom. The molecule has 0 aliphatic carbocycles. The zero-order chi connectivity index (χ0) is 20.3. The van der Waals surface area contributed by atoms with Crippen LogP contribution in [0.4, 0.5) is 5.69 Å². The molecular weight excluding hydrogens is 370 g/mol. The molecule has 2 heterocycles. The van der Waals surface area contributed by atoms with Gasteiger partial charge in [0.2, 0.25) is 0 Å². The molecule has 5 rings (SSSR count). The number of hydrogen-bond donors (Lipinski definition) is 3. The number of anilines is 1. The van der Waals surface area contributed by atoms with E-state index in [-0.39, 0.29) is 11.5 Å². The number of phenols is 2. The first-order chi connectivity index (χ1) is 13.9. The van der Waals surface area contributed by atoms with E-state index in [9.17, 15) is 15.0 Å². The molecule has 0 amide bonds. The predicted octanol–water partition coefficient (Wildman–Crippen LogP) is 4.61. The highest BCUT2D eigenvalue weighted by atomic mass is 16.6. The average molecular weight is 387 g/mol. The fourth-order valence-electron chi connectivity index (χ4n) is 4.03. The maximum atomic E-state index is 12.9. The lowest BCUT2D eigenvalue weighted by atomic mass is 9.77. The Morgan fingerprint density at radius 2 is 1.52 bits per heavy atom. The minimum absolute atomic E-state index is 0.0213. The normalized spacial score (nSPS) is 15.0. The van der Waals surface area contributed by atoms with Gasteiger partial charge in [0.15, 0.2) is 5.60 Å². The van der Waals surface area contributed by atoms with Gasteiger partial charge in [-0.1, -0.05) is 12.6 Å². The number of carbonyl (C=O) groups excluding carboxylic acids is 1. The van der Waals surface area contributed by atoms with Crippen molar-refractivity contribution in [2.24, 2.45) is 0 Å². The molecule has 0 radical (unpaired) electrons. The Morgan fingerprint density at radius 3 is 2.10 bits per heavy atom. The highest BCUT2D eigenvalue weighted by Gasteiger charge is 2.53. The molecule has 2 aliphatic heterocycles. The summed E-state index contributed by atoms with van der Waals surface area (Å²) in [6.45, 7) is 5.66. The molecule has 0 saturated heterocycles. The molecule has 6 nitrogen and oxygen atoms in total. The summed E-state index contributed by atoms with van der Waals surface area (Å²) in [7, 11) is 0. The number of esters is 1. The maximum absolute atomic E-state index is 12.9. The summed E-state index contributed by atoms with van der Waals surface area (Å²) in [5.74, 6) is 0.284. The summed E-state index contributed by atoms with van der Waals surface area (Å²) in [5.41, 5.74) is 2.53. The van der Waals surface area contributed by atoms with Crippen molar-refractivity contribution >= 4 is 11.7 Å². The van der Waals surface area contributed by atoms with Crippen LogP contribution in [0.2, 0.25) is 0 Å². The number of aromatic hydroxyl groups is 2. The van der Waals surface area contributed by atoms with Gasteiger partial charge in [-0.15, -0.1) is 0 Å². The molecule has 0 unspecified atom stereocenters. The van der Waals surface area contributed by atoms with Crippen molar-refractivity contribution in [2.45, 2.75) is 12.5 Å². The first-order valence-corrected chi connectivity index (χ1v) is 9.04. The van der Waals surface area contributed by atoms with Crippen LogP contribution in [0.25, 0.3) is 0 Å². The van der Waals surface area contributed by atoms with Crippen molar-refractivity contribution in [1.29, 1.82) is 0 Å². The van der Waals surface area contributed by atoms with Gasteiger partial charge in [0, 0.05) is 40.2 Å². The molecule has 3 aromatic rings. The van der Waals surface area contributed by atoms with E-state index in [2.05, 4.69) is 11.9 Å². The van der Waals surface area contributed by atoms with Crippen molar-refractivity contribution < 1.29 is 24.5 Å². The van der Waals surface area contributed by atoms with E-state index in [1.165, 1.54) is 24.3 Å². The lowest BCUT2D eigenvalue weighted by Gasteiger charge is -2.36. The number of hydrogen-bond acceptors (Lipinski definition) is 6. The lowest BCUT2D eigenvalue weighted by Crippen LogP contribution is -2.32.